The molecule has 1 rings (SSSR count). The summed E-state index contributed by atoms with van der Waals surface area (Å²) in [4.78, 5) is 0. The van der Waals surface area contributed by atoms with Crippen LogP contribution in [-0.2, 0) is 0 Å². The van der Waals surface area contributed by atoms with Crippen LogP contribution in [-0.4, -0.2) is 0 Å². The number of anilines is 1. The van der Waals surface area contributed by atoms with Gasteiger partial charge in [0, 0.05) is 4.47 Å². The van der Waals surface area contributed by atoms with Crippen LogP contribution in [0.3, 0.4) is 0 Å². The van der Waals surface area contributed by atoms with Crippen molar-refractivity contribution in [2.75, 3.05) is 5.73 Å². The first-order chi connectivity index (χ1) is 5.69. The van der Waals surface area contributed by atoms with Gasteiger partial charge in [0.1, 0.15) is 12.1 Å². The van der Waals surface area contributed by atoms with E-state index in [9.17, 15) is 0 Å². The molecule has 0 saturated heterocycles. The standard InChI is InChI=1S/C8H4BrN3/c9-7-1-5(3-10)8(12)6(2-7)4-11/h1-2H,12H2. The van der Waals surface area contributed by atoms with Gasteiger partial charge in [0.15, 0.2) is 0 Å². The monoisotopic (exact) mass is 221 g/mol. The molecule has 0 unspecified atom stereocenters. The molecule has 0 aliphatic carbocycles. The predicted octanol–water partition coefficient (Wildman–Crippen LogP) is 1.77. The molecule has 0 bridgehead atoms. The molecular formula is C8H4BrN3. The molecule has 0 aliphatic heterocycles. The van der Waals surface area contributed by atoms with Gasteiger partial charge in [-0.25, -0.2) is 0 Å². The van der Waals surface area contributed by atoms with E-state index in [0.29, 0.717) is 15.6 Å². The van der Waals surface area contributed by atoms with E-state index in [1.54, 1.807) is 12.1 Å². The molecule has 0 radical (unpaired) electrons. The molecule has 0 aromatic heterocycles. The van der Waals surface area contributed by atoms with E-state index in [4.69, 9.17) is 16.3 Å². The number of nitrogen functional groups attached to an aromatic ring is 1. The Morgan fingerprint density at radius 1 is 1.17 bits per heavy atom. The third-order valence-electron chi connectivity index (χ3n) is 1.39. The summed E-state index contributed by atoms with van der Waals surface area (Å²) >= 11 is 3.17. The Balaban J connectivity index is 3.48. The first-order valence-electron chi connectivity index (χ1n) is 3.08. The Bertz CT molecular complexity index is 363. The van der Waals surface area contributed by atoms with Crippen molar-refractivity contribution in [1.29, 1.82) is 10.5 Å². The fraction of sp³-hybridized carbons (Fsp3) is 0. The predicted molar refractivity (Wildman–Crippen MR) is 48.0 cm³/mol. The maximum Gasteiger partial charge on any atom is 0.101 e. The van der Waals surface area contributed by atoms with Crippen LogP contribution in [0.4, 0.5) is 5.69 Å². The molecular weight excluding hydrogens is 218 g/mol. The molecule has 0 aliphatic rings. The number of nitrogens with zero attached hydrogens (tertiary/aromatic N) is 2. The lowest BCUT2D eigenvalue weighted by molar-refractivity contribution is 1.44. The summed E-state index contributed by atoms with van der Waals surface area (Å²) in [5.74, 6) is 0. The van der Waals surface area contributed by atoms with E-state index in [0.717, 1.165) is 0 Å². The third kappa shape index (κ3) is 1.39. The topological polar surface area (TPSA) is 73.6 Å². The largest absolute Gasteiger partial charge is 0.397 e. The van der Waals surface area contributed by atoms with Crippen LogP contribution in [0, 0.1) is 22.7 Å². The van der Waals surface area contributed by atoms with Gasteiger partial charge in [-0.05, 0) is 12.1 Å². The molecule has 1 aromatic carbocycles. The molecule has 3 nitrogen and oxygen atoms in total. The van der Waals surface area contributed by atoms with Gasteiger partial charge >= 0.3 is 0 Å². The van der Waals surface area contributed by atoms with Gasteiger partial charge in [-0.1, -0.05) is 15.9 Å². The summed E-state index contributed by atoms with van der Waals surface area (Å²) < 4.78 is 0.685. The minimum atomic E-state index is 0.239. The number of nitrogens with two attached hydrogens (primary N) is 1. The zero-order chi connectivity index (χ0) is 9.14. The van der Waals surface area contributed by atoms with Crippen molar-refractivity contribution in [3.8, 4) is 12.1 Å². The second-order valence-electron chi connectivity index (χ2n) is 2.14. The lowest BCUT2D eigenvalue weighted by Gasteiger charge is -1.99. The highest BCUT2D eigenvalue weighted by atomic mass is 79.9. The first kappa shape index (κ1) is 8.58. The minimum Gasteiger partial charge on any atom is -0.397 e. The van der Waals surface area contributed by atoms with Crippen LogP contribution in [0.1, 0.15) is 11.1 Å². The maximum absolute atomic E-state index is 8.60. The number of benzene rings is 1. The van der Waals surface area contributed by atoms with Crippen LogP contribution in [0.15, 0.2) is 16.6 Å². The molecule has 0 heterocycles. The van der Waals surface area contributed by atoms with Gasteiger partial charge in [0.25, 0.3) is 0 Å². The summed E-state index contributed by atoms with van der Waals surface area (Å²) in [6.07, 6.45) is 0. The molecule has 0 atom stereocenters. The first-order valence-corrected chi connectivity index (χ1v) is 3.87. The zero-order valence-corrected chi connectivity index (χ0v) is 7.59. The van der Waals surface area contributed by atoms with E-state index >= 15 is 0 Å². The molecule has 0 saturated carbocycles. The Kier molecular flexibility index (Phi) is 2.32. The van der Waals surface area contributed by atoms with E-state index in [1.807, 2.05) is 12.1 Å². The van der Waals surface area contributed by atoms with Crippen molar-refractivity contribution in [1.82, 2.24) is 0 Å². The Hall–Kier alpha value is -1.52. The van der Waals surface area contributed by atoms with E-state index in [-0.39, 0.29) is 5.69 Å². The van der Waals surface area contributed by atoms with E-state index < -0.39 is 0 Å². The van der Waals surface area contributed by atoms with Gasteiger partial charge in [-0.3, -0.25) is 0 Å². The molecule has 0 spiro atoms. The second-order valence-corrected chi connectivity index (χ2v) is 3.05. The Morgan fingerprint density at radius 2 is 1.58 bits per heavy atom. The Morgan fingerprint density at radius 3 is 1.92 bits per heavy atom. The second kappa shape index (κ2) is 3.25. The van der Waals surface area contributed by atoms with Gasteiger partial charge in [-0.15, -0.1) is 0 Å². The number of hydrogen-bond donors (Lipinski definition) is 1. The van der Waals surface area contributed by atoms with Crippen LogP contribution in [0.5, 0.6) is 0 Å². The highest BCUT2D eigenvalue weighted by molar-refractivity contribution is 9.10. The normalized spacial score (nSPS) is 8.58. The average Bonchev–Trinajstić information content (AvgIpc) is 2.08. The minimum absolute atomic E-state index is 0.239. The summed E-state index contributed by atoms with van der Waals surface area (Å²) in [6, 6.07) is 6.97. The highest BCUT2D eigenvalue weighted by Gasteiger charge is 2.05. The molecule has 2 N–H and O–H groups in total. The fourth-order valence-electron chi connectivity index (χ4n) is 0.803. The summed E-state index contributed by atoms with van der Waals surface area (Å²) in [6.45, 7) is 0. The lowest BCUT2D eigenvalue weighted by Crippen LogP contribution is -1.94. The van der Waals surface area contributed by atoms with Gasteiger partial charge in [0.2, 0.25) is 0 Å². The van der Waals surface area contributed by atoms with Gasteiger partial charge in [-0.2, -0.15) is 10.5 Å². The maximum atomic E-state index is 8.60. The third-order valence-corrected chi connectivity index (χ3v) is 1.84. The quantitative estimate of drug-likeness (QED) is 0.679. The van der Waals surface area contributed by atoms with Crippen LogP contribution >= 0.6 is 15.9 Å². The SMILES string of the molecule is N#Cc1cc(Br)cc(C#N)c1N. The number of hydrogen-bond acceptors (Lipinski definition) is 3. The molecule has 4 heteroatoms. The van der Waals surface area contributed by atoms with E-state index in [1.165, 1.54) is 0 Å². The Labute approximate surface area is 78.2 Å². The van der Waals surface area contributed by atoms with Crippen molar-refractivity contribution in [2.24, 2.45) is 0 Å². The molecule has 58 valence electrons. The van der Waals surface area contributed by atoms with Crippen LogP contribution in [0.2, 0.25) is 0 Å². The van der Waals surface area contributed by atoms with Crippen LogP contribution < -0.4 is 5.73 Å². The number of rotatable bonds is 0. The molecule has 12 heavy (non-hydrogen) atoms. The van der Waals surface area contributed by atoms with E-state index in [2.05, 4.69) is 15.9 Å². The van der Waals surface area contributed by atoms with Crippen LogP contribution in [0.25, 0.3) is 0 Å². The number of nitriles is 2. The van der Waals surface area contributed by atoms with Crippen molar-refractivity contribution in [3.63, 3.8) is 0 Å². The van der Waals surface area contributed by atoms with Gasteiger partial charge < -0.3 is 5.73 Å². The molecule has 0 amide bonds. The lowest BCUT2D eigenvalue weighted by atomic mass is 10.1. The summed E-state index contributed by atoms with van der Waals surface area (Å²) in [5, 5.41) is 17.2. The zero-order valence-electron chi connectivity index (χ0n) is 6.00. The van der Waals surface area contributed by atoms with Crippen molar-refractivity contribution in [3.05, 3.63) is 27.7 Å². The molecule has 1 aromatic rings. The average molecular weight is 222 g/mol. The number of halogens is 1. The smallest absolute Gasteiger partial charge is 0.101 e. The fourth-order valence-corrected chi connectivity index (χ4v) is 1.26. The van der Waals surface area contributed by atoms with Gasteiger partial charge in [0.05, 0.1) is 16.8 Å². The van der Waals surface area contributed by atoms with Crippen molar-refractivity contribution >= 4 is 21.6 Å². The van der Waals surface area contributed by atoms with Crippen molar-refractivity contribution < 1.29 is 0 Å². The summed E-state index contributed by atoms with van der Waals surface area (Å²) in [7, 11) is 0. The highest BCUT2D eigenvalue weighted by Crippen LogP contribution is 2.22. The summed E-state index contributed by atoms with van der Waals surface area (Å²) in [5.41, 5.74) is 6.39. The molecule has 0 fully saturated rings. The van der Waals surface area contributed by atoms with Crippen molar-refractivity contribution in [2.45, 2.75) is 0 Å².